The molecule has 0 saturated carbocycles. The van der Waals surface area contributed by atoms with Crippen LogP contribution in [0.15, 0.2) is 22.7 Å². The third kappa shape index (κ3) is 4.07. The van der Waals surface area contributed by atoms with Crippen LogP contribution in [0, 0.1) is 19.3 Å². The Hall–Kier alpha value is -0.780. The van der Waals surface area contributed by atoms with E-state index in [-0.39, 0.29) is 0 Å². The molecule has 0 aromatic heterocycles. The second kappa shape index (κ2) is 5.95. The first-order chi connectivity index (χ1) is 7.13. The van der Waals surface area contributed by atoms with Gasteiger partial charge >= 0.3 is 0 Å². The number of rotatable bonds is 4. The lowest BCUT2D eigenvalue weighted by Gasteiger charge is -2.11. The van der Waals surface area contributed by atoms with Crippen molar-refractivity contribution < 1.29 is 0 Å². The van der Waals surface area contributed by atoms with E-state index in [0.29, 0.717) is 6.04 Å². The Labute approximate surface area is 100 Å². The van der Waals surface area contributed by atoms with Crippen molar-refractivity contribution in [2.75, 3.05) is 0 Å². The minimum absolute atomic E-state index is 0.370. The summed E-state index contributed by atoms with van der Waals surface area (Å²) >= 11 is 3.52. The van der Waals surface area contributed by atoms with E-state index in [1.165, 1.54) is 11.1 Å². The maximum atomic E-state index is 5.24. The van der Waals surface area contributed by atoms with Crippen molar-refractivity contribution in [3.8, 4) is 12.3 Å². The fourth-order valence-corrected chi connectivity index (χ4v) is 1.71. The van der Waals surface area contributed by atoms with Crippen molar-refractivity contribution in [3.63, 3.8) is 0 Å². The van der Waals surface area contributed by atoms with Gasteiger partial charge < -0.3 is 5.32 Å². The number of hydrogen-bond donors (Lipinski definition) is 1. The molecule has 0 aliphatic rings. The average molecular weight is 266 g/mol. The van der Waals surface area contributed by atoms with Gasteiger partial charge in [0, 0.05) is 23.5 Å². The molecule has 80 valence electrons. The van der Waals surface area contributed by atoms with Gasteiger partial charge in [-0.3, -0.25) is 0 Å². The monoisotopic (exact) mass is 265 g/mol. The molecule has 0 fully saturated rings. The fourth-order valence-electron chi connectivity index (χ4n) is 1.29. The van der Waals surface area contributed by atoms with Crippen LogP contribution in [0.3, 0.4) is 0 Å². The van der Waals surface area contributed by atoms with Gasteiger partial charge in [-0.25, -0.2) is 0 Å². The topological polar surface area (TPSA) is 12.0 Å². The molecule has 0 heterocycles. The van der Waals surface area contributed by atoms with Crippen molar-refractivity contribution in [1.82, 2.24) is 5.32 Å². The number of aryl methyl sites for hydroxylation is 1. The van der Waals surface area contributed by atoms with E-state index in [9.17, 15) is 0 Å². The highest BCUT2D eigenvalue weighted by atomic mass is 79.9. The lowest BCUT2D eigenvalue weighted by Crippen LogP contribution is -2.24. The van der Waals surface area contributed by atoms with E-state index in [2.05, 4.69) is 59.2 Å². The van der Waals surface area contributed by atoms with Gasteiger partial charge in [-0.1, -0.05) is 28.1 Å². The zero-order valence-corrected chi connectivity index (χ0v) is 10.8. The van der Waals surface area contributed by atoms with Crippen LogP contribution in [0.1, 0.15) is 24.5 Å². The van der Waals surface area contributed by atoms with Crippen molar-refractivity contribution in [2.24, 2.45) is 0 Å². The van der Waals surface area contributed by atoms with Crippen molar-refractivity contribution in [3.05, 3.63) is 33.8 Å². The summed E-state index contributed by atoms with van der Waals surface area (Å²) in [6, 6.07) is 6.77. The summed E-state index contributed by atoms with van der Waals surface area (Å²) in [5.41, 5.74) is 2.53. The van der Waals surface area contributed by atoms with Crippen LogP contribution in [-0.2, 0) is 6.54 Å². The largest absolute Gasteiger partial charge is 0.309 e. The molecule has 1 N–H and O–H groups in total. The molecule has 1 rings (SSSR count). The molecule has 0 aliphatic heterocycles. The Balaban J connectivity index is 2.51. The Morgan fingerprint density at radius 3 is 2.87 bits per heavy atom. The Kier molecular flexibility index (Phi) is 4.87. The molecule has 1 atom stereocenters. The molecule has 0 spiro atoms. The molecular weight excluding hydrogens is 250 g/mol. The molecule has 1 aromatic carbocycles. The molecule has 15 heavy (non-hydrogen) atoms. The number of halogens is 1. The Morgan fingerprint density at radius 1 is 1.53 bits per heavy atom. The molecule has 0 aliphatic carbocycles. The summed E-state index contributed by atoms with van der Waals surface area (Å²) in [6.07, 6.45) is 6.02. The number of nitrogens with one attached hydrogen (secondary N) is 1. The SMILES string of the molecule is C#CCC(C)NCc1ccc(C)c(Br)c1. The maximum absolute atomic E-state index is 5.24. The number of hydrogen-bond acceptors (Lipinski definition) is 1. The zero-order chi connectivity index (χ0) is 11.3. The molecule has 1 nitrogen and oxygen atoms in total. The highest BCUT2D eigenvalue weighted by Gasteiger charge is 2.00. The molecule has 2 heteroatoms. The standard InChI is InChI=1S/C13H16BrN/c1-4-5-11(3)15-9-12-7-6-10(2)13(14)8-12/h1,6-8,11,15H,5,9H2,2-3H3. The Morgan fingerprint density at radius 2 is 2.27 bits per heavy atom. The highest BCUT2D eigenvalue weighted by molar-refractivity contribution is 9.10. The van der Waals surface area contributed by atoms with E-state index in [4.69, 9.17) is 6.42 Å². The minimum Gasteiger partial charge on any atom is -0.309 e. The molecule has 0 amide bonds. The lowest BCUT2D eigenvalue weighted by molar-refractivity contribution is 0.559. The smallest absolute Gasteiger partial charge is 0.0238 e. The molecule has 1 unspecified atom stereocenters. The molecule has 1 aromatic rings. The van der Waals surface area contributed by atoms with Gasteiger partial charge in [-0.2, -0.15) is 0 Å². The van der Waals surface area contributed by atoms with E-state index in [0.717, 1.165) is 17.4 Å². The van der Waals surface area contributed by atoms with Gasteiger partial charge in [-0.05, 0) is 31.0 Å². The average Bonchev–Trinajstić information content (AvgIpc) is 2.20. The third-order valence-corrected chi connectivity index (χ3v) is 3.17. The molecule has 0 bridgehead atoms. The first kappa shape index (κ1) is 12.3. The number of terminal acetylenes is 1. The van der Waals surface area contributed by atoms with E-state index < -0.39 is 0 Å². The van der Waals surface area contributed by atoms with Crippen LogP contribution in [0.4, 0.5) is 0 Å². The number of benzene rings is 1. The summed E-state index contributed by atoms with van der Waals surface area (Å²) in [4.78, 5) is 0. The minimum atomic E-state index is 0.370. The summed E-state index contributed by atoms with van der Waals surface area (Å²) in [5, 5.41) is 3.38. The van der Waals surface area contributed by atoms with Gasteiger partial charge in [0.05, 0.1) is 0 Å². The summed E-state index contributed by atoms with van der Waals surface area (Å²) in [6.45, 7) is 5.05. The van der Waals surface area contributed by atoms with Gasteiger partial charge in [0.25, 0.3) is 0 Å². The van der Waals surface area contributed by atoms with Crippen LogP contribution in [0.2, 0.25) is 0 Å². The van der Waals surface area contributed by atoms with Crippen molar-refractivity contribution in [1.29, 1.82) is 0 Å². The van der Waals surface area contributed by atoms with Crippen LogP contribution < -0.4 is 5.32 Å². The fraction of sp³-hybridized carbons (Fsp3) is 0.385. The van der Waals surface area contributed by atoms with Gasteiger partial charge in [0.1, 0.15) is 0 Å². The van der Waals surface area contributed by atoms with Gasteiger partial charge in [-0.15, -0.1) is 12.3 Å². The Bertz CT molecular complexity index is 365. The molecule has 0 radical (unpaired) electrons. The first-order valence-corrected chi connectivity index (χ1v) is 5.84. The second-order valence-corrected chi connectivity index (χ2v) is 4.63. The third-order valence-electron chi connectivity index (χ3n) is 2.31. The normalized spacial score (nSPS) is 12.1. The van der Waals surface area contributed by atoms with Crippen LogP contribution in [0.5, 0.6) is 0 Å². The summed E-state index contributed by atoms with van der Waals surface area (Å²) in [7, 11) is 0. The van der Waals surface area contributed by atoms with E-state index >= 15 is 0 Å². The molecule has 0 saturated heterocycles. The highest BCUT2D eigenvalue weighted by Crippen LogP contribution is 2.17. The van der Waals surface area contributed by atoms with Crippen LogP contribution in [0.25, 0.3) is 0 Å². The molecular formula is C13H16BrN. The predicted molar refractivity (Wildman–Crippen MR) is 68.6 cm³/mol. The first-order valence-electron chi connectivity index (χ1n) is 5.05. The van der Waals surface area contributed by atoms with Crippen molar-refractivity contribution in [2.45, 2.75) is 32.9 Å². The van der Waals surface area contributed by atoms with E-state index in [1.54, 1.807) is 0 Å². The van der Waals surface area contributed by atoms with Crippen molar-refractivity contribution >= 4 is 15.9 Å². The summed E-state index contributed by atoms with van der Waals surface area (Å²) in [5.74, 6) is 2.65. The van der Waals surface area contributed by atoms with Gasteiger partial charge in [0.15, 0.2) is 0 Å². The van der Waals surface area contributed by atoms with Crippen LogP contribution >= 0.6 is 15.9 Å². The van der Waals surface area contributed by atoms with Crippen LogP contribution in [-0.4, -0.2) is 6.04 Å². The van der Waals surface area contributed by atoms with Gasteiger partial charge in [0.2, 0.25) is 0 Å². The van der Waals surface area contributed by atoms with E-state index in [1.807, 2.05) is 0 Å². The predicted octanol–water partition coefficient (Wildman–Crippen LogP) is 3.26. The maximum Gasteiger partial charge on any atom is 0.0238 e. The quantitative estimate of drug-likeness (QED) is 0.825. The lowest BCUT2D eigenvalue weighted by atomic mass is 10.1. The zero-order valence-electron chi connectivity index (χ0n) is 9.18. The summed E-state index contributed by atoms with van der Waals surface area (Å²) < 4.78 is 1.16. The second-order valence-electron chi connectivity index (χ2n) is 3.77.